The van der Waals surface area contributed by atoms with Crippen LogP contribution in [0.3, 0.4) is 0 Å². The van der Waals surface area contributed by atoms with E-state index in [1.165, 1.54) is 12.3 Å². The molecule has 0 bridgehead atoms. The fourth-order valence-electron chi connectivity index (χ4n) is 3.00. The van der Waals surface area contributed by atoms with Gasteiger partial charge in [0.05, 0.1) is 11.2 Å². The molecule has 1 fully saturated rings. The van der Waals surface area contributed by atoms with Gasteiger partial charge >= 0.3 is 0 Å². The van der Waals surface area contributed by atoms with E-state index in [0.29, 0.717) is 37.8 Å². The van der Waals surface area contributed by atoms with Crippen LogP contribution in [0.2, 0.25) is 0 Å². The Bertz CT molecular complexity index is 930. The summed E-state index contributed by atoms with van der Waals surface area (Å²) in [5.41, 5.74) is 0. The summed E-state index contributed by atoms with van der Waals surface area (Å²) in [4.78, 5) is 13.4. The van der Waals surface area contributed by atoms with Crippen molar-refractivity contribution in [1.29, 1.82) is 0 Å². The van der Waals surface area contributed by atoms with Gasteiger partial charge in [0.2, 0.25) is 15.9 Å². The number of likely N-dealkylation sites (tertiary alicyclic amines) is 1. The maximum absolute atomic E-state index is 13.2. The van der Waals surface area contributed by atoms with Crippen LogP contribution in [0, 0.1) is 17.6 Å². The van der Waals surface area contributed by atoms with Crippen LogP contribution < -0.4 is 4.72 Å². The number of carbonyl (C=O) groups excluding carboxylic acids is 1. The van der Waals surface area contributed by atoms with E-state index in [9.17, 15) is 22.0 Å². The van der Waals surface area contributed by atoms with E-state index in [-0.39, 0.29) is 18.4 Å². The van der Waals surface area contributed by atoms with Gasteiger partial charge in [0.1, 0.15) is 17.4 Å². The van der Waals surface area contributed by atoms with Gasteiger partial charge in [-0.15, -0.1) is 0 Å². The van der Waals surface area contributed by atoms with Gasteiger partial charge in [-0.3, -0.25) is 4.79 Å². The molecule has 0 radical (unpaired) electrons. The lowest BCUT2D eigenvalue weighted by Crippen LogP contribution is -2.40. The summed E-state index contributed by atoms with van der Waals surface area (Å²) in [6.45, 7) is 1.15. The quantitative estimate of drug-likeness (QED) is 0.743. The average molecular weight is 410 g/mol. The van der Waals surface area contributed by atoms with Crippen LogP contribution in [0.4, 0.5) is 8.78 Å². The molecule has 28 heavy (non-hydrogen) atoms. The molecule has 2 aromatic rings. The molecule has 0 unspecified atom stereocenters. The summed E-state index contributed by atoms with van der Waals surface area (Å²) in [5, 5.41) is 0. The van der Waals surface area contributed by atoms with Crippen molar-refractivity contribution in [2.45, 2.75) is 17.7 Å². The molecule has 1 aromatic heterocycles. The Balaban J connectivity index is 1.49. The summed E-state index contributed by atoms with van der Waals surface area (Å²) in [5.74, 6) is -1.41. The molecule has 1 saturated heterocycles. The van der Waals surface area contributed by atoms with Crippen LogP contribution in [0.25, 0.3) is 6.08 Å². The van der Waals surface area contributed by atoms with Crippen LogP contribution in [0.15, 0.2) is 52.0 Å². The van der Waals surface area contributed by atoms with Crippen LogP contribution in [0.1, 0.15) is 18.6 Å². The Morgan fingerprint density at radius 1 is 1.21 bits per heavy atom. The second-order valence-electron chi connectivity index (χ2n) is 6.57. The van der Waals surface area contributed by atoms with Gasteiger partial charge in [-0.25, -0.2) is 21.9 Å². The zero-order valence-electron chi connectivity index (χ0n) is 15.0. The molecule has 0 aliphatic carbocycles. The summed E-state index contributed by atoms with van der Waals surface area (Å²) in [6, 6.07) is 5.64. The standard InChI is InChI=1S/C19H20F2N2O4S/c20-15-10-16(21)12-18(11-15)28(25,26)22-13-14-5-7-23(8-6-14)19(24)4-3-17-2-1-9-27-17/h1-4,9-12,14,22H,5-8,13H2/b4-3+. The lowest BCUT2D eigenvalue weighted by molar-refractivity contribution is -0.127. The number of amides is 1. The Labute approximate surface area is 161 Å². The average Bonchev–Trinajstić information content (AvgIpc) is 3.18. The number of benzene rings is 1. The van der Waals surface area contributed by atoms with E-state index in [1.807, 2.05) is 0 Å². The molecule has 1 aromatic carbocycles. The number of halogens is 2. The van der Waals surface area contributed by atoms with Gasteiger partial charge in [-0.1, -0.05) is 0 Å². The third-order valence-electron chi connectivity index (χ3n) is 4.57. The minimum absolute atomic E-state index is 0.0336. The molecular weight excluding hydrogens is 390 g/mol. The zero-order chi connectivity index (χ0) is 20.1. The molecule has 1 amide bonds. The van der Waals surface area contributed by atoms with Crippen molar-refractivity contribution in [2.24, 2.45) is 5.92 Å². The van der Waals surface area contributed by atoms with E-state index in [0.717, 1.165) is 12.1 Å². The number of nitrogens with one attached hydrogen (secondary N) is 1. The van der Waals surface area contributed by atoms with Crippen LogP contribution >= 0.6 is 0 Å². The summed E-state index contributed by atoms with van der Waals surface area (Å²) in [7, 11) is -4.00. The highest BCUT2D eigenvalue weighted by atomic mass is 32.2. The highest BCUT2D eigenvalue weighted by molar-refractivity contribution is 7.89. The number of piperidine rings is 1. The van der Waals surface area contributed by atoms with E-state index >= 15 is 0 Å². The normalized spacial score (nSPS) is 16.0. The first-order valence-corrected chi connectivity index (χ1v) is 10.3. The molecular formula is C19H20F2N2O4S. The molecule has 2 heterocycles. The van der Waals surface area contributed by atoms with Crippen molar-refractivity contribution in [3.8, 4) is 0 Å². The molecule has 0 spiro atoms. The van der Waals surface area contributed by atoms with Gasteiger partial charge in [-0.05, 0) is 49.1 Å². The maximum atomic E-state index is 13.2. The Morgan fingerprint density at radius 2 is 1.89 bits per heavy atom. The largest absolute Gasteiger partial charge is 0.465 e. The van der Waals surface area contributed by atoms with Crippen molar-refractivity contribution in [3.05, 3.63) is 60.1 Å². The van der Waals surface area contributed by atoms with E-state index in [4.69, 9.17) is 4.42 Å². The smallest absolute Gasteiger partial charge is 0.246 e. The molecule has 1 aliphatic heterocycles. The van der Waals surface area contributed by atoms with Crippen molar-refractivity contribution in [2.75, 3.05) is 19.6 Å². The van der Waals surface area contributed by atoms with E-state index in [2.05, 4.69) is 4.72 Å². The lowest BCUT2D eigenvalue weighted by Gasteiger charge is -2.31. The number of carbonyl (C=O) groups is 1. The van der Waals surface area contributed by atoms with Crippen molar-refractivity contribution >= 4 is 22.0 Å². The number of furan rings is 1. The lowest BCUT2D eigenvalue weighted by atomic mass is 9.97. The first kappa shape index (κ1) is 20.2. The van der Waals surface area contributed by atoms with Gasteiger partial charge in [0.25, 0.3) is 0 Å². The molecule has 9 heteroatoms. The van der Waals surface area contributed by atoms with Crippen LogP contribution in [-0.4, -0.2) is 38.9 Å². The number of nitrogens with zero attached hydrogens (tertiary/aromatic N) is 1. The van der Waals surface area contributed by atoms with E-state index < -0.39 is 26.6 Å². The minimum Gasteiger partial charge on any atom is -0.465 e. The summed E-state index contributed by atoms with van der Waals surface area (Å²) < 4.78 is 58.5. The van der Waals surface area contributed by atoms with Crippen molar-refractivity contribution in [1.82, 2.24) is 9.62 Å². The highest BCUT2D eigenvalue weighted by Gasteiger charge is 2.24. The number of rotatable bonds is 6. The second kappa shape index (κ2) is 8.66. The monoisotopic (exact) mass is 410 g/mol. The second-order valence-corrected chi connectivity index (χ2v) is 8.34. The van der Waals surface area contributed by atoms with Gasteiger partial charge in [-0.2, -0.15) is 0 Å². The highest BCUT2D eigenvalue weighted by Crippen LogP contribution is 2.19. The molecule has 3 rings (SSSR count). The predicted octanol–water partition coefficient (Wildman–Crippen LogP) is 2.79. The SMILES string of the molecule is O=C(/C=C/c1ccco1)N1CCC(CNS(=O)(=O)c2cc(F)cc(F)c2)CC1. The maximum Gasteiger partial charge on any atom is 0.246 e. The van der Waals surface area contributed by atoms with E-state index in [1.54, 1.807) is 23.1 Å². The molecule has 0 saturated carbocycles. The molecule has 6 nitrogen and oxygen atoms in total. The van der Waals surface area contributed by atoms with Crippen LogP contribution in [0.5, 0.6) is 0 Å². The topological polar surface area (TPSA) is 79.6 Å². The first-order chi connectivity index (χ1) is 13.3. The Morgan fingerprint density at radius 3 is 2.50 bits per heavy atom. The number of hydrogen-bond donors (Lipinski definition) is 1. The molecule has 1 N–H and O–H groups in total. The molecule has 1 aliphatic rings. The van der Waals surface area contributed by atoms with Crippen molar-refractivity contribution in [3.63, 3.8) is 0 Å². The van der Waals surface area contributed by atoms with Gasteiger partial charge in [0.15, 0.2) is 0 Å². The first-order valence-electron chi connectivity index (χ1n) is 8.80. The fourth-order valence-corrected chi connectivity index (χ4v) is 4.15. The van der Waals surface area contributed by atoms with Crippen LogP contribution in [-0.2, 0) is 14.8 Å². The fraction of sp³-hybridized carbons (Fsp3) is 0.316. The minimum atomic E-state index is -4.00. The molecule has 150 valence electrons. The third kappa shape index (κ3) is 5.26. The Hall–Kier alpha value is -2.52. The van der Waals surface area contributed by atoms with Crippen molar-refractivity contribution < 1.29 is 26.4 Å². The summed E-state index contributed by atoms with van der Waals surface area (Å²) >= 11 is 0. The predicted molar refractivity (Wildman–Crippen MR) is 98.6 cm³/mol. The number of sulfonamides is 1. The third-order valence-corrected chi connectivity index (χ3v) is 5.97. The number of hydrogen-bond acceptors (Lipinski definition) is 4. The summed E-state index contributed by atoms with van der Waals surface area (Å²) in [6.07, 6.45) is 5.82. The molecule has 0 atom stereocenters. The Kier molecular flexibility index (Phi) is 6.25. The van der Waals surface area contributed by atoms with Gasteiger partial charge in [0, 0.05) is 31.8 Å². The van der Waals surface area contributed by atoms with Gasteiger partial charge < -0.3 is 9.32 Å². The zero-order valence-corrected chi connectivity index (χ0v) is 15.8.